The van der Waals surface area contributed by atoms with Crippen molar-refractivity contribution < 1.29 is 4.74 Å². The monoisotopic (exact) mass is 202 g/mol. The molecule has 0 aromatic heterocycles. The van der Waals surface area contributed by atoms with Crippen LogP contribution in [0.3, 0.4) is 0 Å². The van der Waals surface area contributed by atoms with Gasteiger partial charge in [-0.15, -0.1) is 0 Å². The highest BCUT2D eigenvalue weighted by Gasteiger charge is 2.06. The van der Waals surface area contributed by atoms with Gasteiger partial charge in [-0.3, -0.25) is 0 Å². The molecule has 0 bridgehead atoms. The lowest BCUT2D eigenvalue weighted by molar-refractivity contribution is 0.168. The highest BCUT2D eigenvalue weighted by Crippen LogP contribution is 1.98. The van der Waals surface area contributed by atoms with Crippen molar-refractivity contribution in [1.82, 2.24) is 10.2 Å². The zero-order valence-corrected chi connectivity index (χ0v) is 10.3. The predicted octanol–water partition coefficient (Wildman–Crippen LogP) is 1.34. The summed E-state index contributed by atoms with van der Waals surface area (Å²) in [6.07, 6.45) is 1.21. The van der Waals surface area contributed by atoms with Crippen molar-refractivity contribution in [3.05, 3.63) is 0 Å². The molecule has 0 amide bonds. The van der Waals surface area contributed by atoms with Crippen LogP contribution in [0.15, 0.2) is 0 Å². The van der Waals surface area contributed by atoms with Crippen molar-refractivity contribution in [2.24, 2.45) is 0 Å². The Labute approximate surface area is 88.8 Å². The average molecular weight is 202 g/mol. The summed E-state index contributed by atoms with van der Waals surface area (Å²) in [6.45, 7) is 9.55. The number of hydrogen-bond acceptors (Lipinski definition) is 3. The molecule has 2 atom stereocenters. The van der Waals surface area contributed by atoms with Crippen molar-refractivity contribution in [1.29, 1.82) is 0 Å². The molecule has 0 saturated carbocycles. The predicted molar refractivity (Wildman–Crippen MR) is 61.7 cm³/mol. The van der Waals surface area contributed by atoms with E-state index in [1.165, 1.54) is 6.42 Å². The highest BCUT2D eigenvalue weighted by molar-refractivity contribution is 4.65. The van der Waals surface area contributed by atoms with Gasteiger partial charge in [-0.05, 0) is 27.3 Å². The van der Waals surface area contributed by atoms with E-state index in [2.05, 4.69) is 38.0 Å². The maximum absolute atomic E-state index is 5.05. The molecule has 0 aliphatic rings. The number of nitrogens with one attached hydrogen (secondary N) is 1. The summed E-state index contributed by atoms with van der Waals surface area (Å²) in [5.41, 5.74) is 0. The van der Waals surface area contributed by atoms with Gasteiger partial charge in [-0.25, -0.2) is 0 Å². The molecule has 14 heavy (non-hydrogen) atoms. The van der Waals surface area contributed by atoms with Crippen LogP contribution in [-0.4, -0.2) is 50.8 Å². The Kier molecular flexibility index (Phi) is 8.14. The van der Waals surface area contributed by atoms with Gasteiger partial charge >= 0.3 is 0 Å². The SMILES string of the molecule is CCC(C)N(C)CCNC(C)COC. The number of ether oxygens (including phenoxy) is 1. The maximum atomic E-state index is 5.05. The van der Waals surface area contributed by atoms with E-state index in [9.17, 15) is 0 Å². The van der Waals surface area contributed by atoms with Gasteiger partial charge in [0.15, 0.2) is 0 Å². The van der Waals surface area contributed by atoms with Crippen molar-refractivity contribution in [2.75, 3.05) is 33.9 Å². The van der Waals surface area contributed by atoms with E-state index in [0.717, 1.165) is 19.7 Å². The molecule has 3 heteroatoms. The van der Waals surface area contributed by atoms with Crippen molar-refractivity contribution >= 4 is 0 Å². The molecule has 86 valence electrons. The quantitative estimate of drug-likeness (QED) is 0.643. The standard InChI is InChI=1S/C11H26N2O/c1-6-11(3)13(4)8-7-12-10(2)9-14-5/h10-12H,6-9H2,1-5H3. The molecular formula is C11H26N2O. The Hall–Kier alpha value is -0.120. The second-order valence-corrected chi connectivity index (χ2v) is 4.05. The molecule has 0 spiro atoms. The van der Waals surface area contributed by atoms with Crippen molar-refractivity contribution in [3.8, 4) is 0 Å². The van der Waals surface area contributed by atoms with Crippen LogP contribution < -0.4 is 5.32 Å². The molecule has 0 aromatic rings. The van der Waals surface area contributed by atoms with Gasteiger partial charge in [-0.2, -0.15) is 0 Å². The van der Waals surface area contributed by atoms with Gasteiger partial charge in [-0.1, -0.05) is 6.92 Å². The molecule has 0 radical (unpaired) electrons. The second-order valence-electron chi connectivity index (χ2n) is 4.05. The Morgan fingerprint density at radius 2 is 2.00 bits per heavy atom. The van der Waals surface area contributed by atoms with Gasteiger partial charge in [0.2, 0.25) is 0 Å². The molecule has 0 aliphatic heterocycles. The van der Waals surface area contributed by atoms with E-state index in [0.29, 0.717) is 12.1 Å². The zero-order chi connectivity index (χ0) is 11.0. The van der Waals surface area contributed by atoms with Crippen LogP contribution >= 0.6 is 0 Å². The fourth-order valence-electron chi connectivity index (χ4n) is 1.33. The molecule has 0 heterocycles. The minimum atomic E-state index is 0.449. The second kappa shape index (κ2) is 8.21. The third kappa shape index (κ3) is 6.35. The Bertz CT molecular complexity index is 130. The zero-order valence-electron chi connectivity index (χ0n) is 10.3. The normalized spacial score (nSPS) is 15.9. The van der Waals surface area contributed by atoms with Crippen LogP contribution in [0.1, 0.15) is 27.2 Å². The first-order valence-corrected chi connectivity index (χ1v) is 5.54. The maximum Gasteiger partial charge on any atom is 0.0613 e. The molecule has 2 unspecified atom stereocenters. The lowest BCUT2D eigenvalue weighted by Crippen LogP contribution is -2.39. The first-order valence-electron chi connectivity index (χ1n) is 5.54. The van der Waals surface area contributed by atoms with E-state index < -0.39 is 0 Å². The van der Waals surface area contributed by atoms with E-state index in [4.69, 9.17) is 4.74 Å². The Morgan fingerprint density at radius 1 is 1.36 bits per heavy atom. The summed E-state index contributed by atoms with van der Waals surface area (Å²) in [5.74, 6) is 0. The summed E-state index contributed by atoms with van der Waals surface area (Å²) >= 11 is 0. The average Bonchev–Trinajstić information content (AvgIpc) is 2.16. The van der Waals surface area contributed by atoms with Crippen LogP contribution in [0.5, 0.6) is 0 Å². The summed E-state index contributed by atoms with van der Waals surface area (Å²) < 4.78 is 5.05. The van der Waals surface area contributed by atoms with Crippen molar-refractivity contribution in [2.45, 2.75) is 39.3 Å². The van der Waals surface area contributed by atoms with E-state index in [1.807, 2.05) is 0 Å². The summed E-state index contributed by atoms with van der Waals surface area (Å²) in [6, 6.07) is 1.12. The van der Waals surface area contributed by atoms with Crippen LogP contribution in [0.2, 0.25) is 0 Å². The lowest BCUT2D eigenvalue weighted by atomic mass is 10.2. The highest BCUT2D eigenvalue weighted by atomic mass is 16.5. The largest absolute Gasteiger partial charge is 0.383 e. The first kappa shape index (κ1) is 13.9. The number of rotatable bonds is 8. The minimum absolute atomic E-state index is 0.449. The van der Waals surface area contributed by atoms with E-state index in [-0.39, 0.29) is 0 Å². The summed E-state index contributed by atoms with van der Waals surface area (Å²) in [4.78, 5) is 2.38. The topological polar surface area (TPSA) is 24.5 Å². The minimum Gasteiger partial charge on any atom is -0.383 e. The van der Waals surface area contributed by atoms with Crippen LogP contribution in [0.4, 0.5) is 0 Å². The van der Waals surface area contributed by atoms with Crippen molar-refractivity contribution in [3.63, 3.8) is 0 Å². The number of hydrogen-bond donors (Lipinski definition) is 1. The fourth-order valence-corrected chi connectivity index (χ4v) is 1.33. The molecule has 0 aliphatic carbocycles. The Morgan fingerprint density at radius 3 is 2.50 bits per heavy atom. The third-order valence-corrected chi connectivity index (χ3v) is 2.72. The lowest BCUT2D eigenvalue weighted by Gasteiger charge is -2.24. The Balaban J connectivity index is 3.43. The van der Waals surface area contributed by atoms with Gasteiger partial charge in [0.05, 0.1) is 6.61 Å². The molecule has 0 rings (SSSR count). The van der Waals surface area contributed by atoms with Gasteiger partial charge in [0.25, 0.3) is 0 Å². The molecule has 3 nitrogen and oxygen atoms in total. The third-order valence-electron chi connectivity index (χ3n) is 2.72. The van der Waals surface area contributed by atoms with Crippen LogP contribution in [0.25, 0.3) is 0 Å². The molecule has 0 aromatic carbocycles. The smallest absolute Gasteiger partial charge is 0.0613 e. The first-order chi connectivity index (χ1) is 6.61. The number of methoxy groups -OCH3 is 1. The van der Waals surface area contributed by atoms with Gasteiger partial charge in [0, 0.05) is 32.3 Å². The molecular weight excluding hydrogens is 176 g/mol. The molecule has 0 fully saturated rings. The van der Waals surface area contributed by atoms with E-state index in [1.54, 1.807) is 7.11 Å². The number of likely N-dealkylation sites (N-methyl/N-ethyl adjacent to an activating group) is 1. The number of nitrogens with zero attached hydrogens (tertiary/aromatic N) is 1. The fraction of sp³-hybridized carbons (Fsp3) is 1.00. The van der Waals surface area contributed by atoms with Crippen LogP contribution in [0, 0.1) is 0 Å². The van der Waals surface area contributed by atoms with Gasteiger partial charge in [0.1, 0.15) is 0 Å². The summed E-state index contributed by atoms with van der Waals surface area (Å²) in [5, 5.41) is 3.43. The van der Waals surface area contributed by atoms with E-state index >= 15 is 0 Å². The van der Waals surface area contributed by atoms with Gasteiger partial charge < -0.3 is 15.0 Å². The molecule has 0 saturated heterocycles. The van der Waals surface area contributed by atoms with Crippen LogP contribution in [-0.2, 0) is 4.74 Å². The molecule has 1 N–H and O–H groups in total. The summed E-state index contributed by atoms with van der Waals surface area (Å²) in [7, 11) is 3.92.